The van der Waals surface area contributed by atoms with Gasteiger partial charge in [0.25, 0.3) is 0 Å². The predicted molar refractivity (Wildman–Crippen MR) is 132 cm³/mol. The second kappa shape index (κ2) is 12.4. The molecule has 1 aliphatic carbocycles. The Bertz CT molecular complexity index is 955. The fraction of sp³-hybridized carbons (Fsp3) is 0.615. The van der Waals surface area contributed by atoms with Crippen molar-refractivity contribution in [1.29, 1.82) is 0 Å². The van der Waals surface area contributed by atoms with Crippen LogP contribution in [0.1, 0.15) is 63.2 Å². The zero-order chi connectivity index (χ0) is 27.1. The van der Waals surface area contributed by atoms with Crippen LogP contribution in [0.15, 0.2) is 24.3 Å². The topological polar surface area (TPSA) is 138 Å². The number of alkyl carbamates (subject to hydrolysis) is 1. The average molecular weight is 521 g/mol. The number of amides is 2. The fourth-order valence-electron chi connectivity index (χ4n) is 4.36. The molecule has 2 fully saturated rings. The van der Waals surface area contributed by atoms with E-state index in [9.17, 15) is 19.2 Å². The summed E-state index contributed by atoms with van der Waals surface area (Å²) in [6.45, 7) is 5.85. The summed E-state index contributed by atoms with van der Waals surface area (Å²) >= 11 is 0. The number of ketones is 1. The molecule has 37 heavy (non-hydrogen) atoms. The smallest absolute Gasteiger partial charge is 0.411 e. The highest BCUT2D eigenvalue weighted by Gasteiger charge is 2.41. The highest BCUT2D eigenvalue weighted by atomic mass is 16.7. The molecule has 1 heterocycles. The number of anilines is 1. The standard InChI is InChI=1S/C26H36N2O9/c1-25(2,3)37-24(32)28-20(15-17-9-11-26(12-10-17)35-13-14-36-26)22(30)34-16-21(29)18-5-7-19(8-6-18)27-23(31)33-4/h5-8,17,20H,9-16H2,1-4H3,(H,27,31)(H,28,32)/t20-/m0/s1. The summed E-state index contributed by atoms with van der Waals surface area (Å²) in [4.78, 5) is 49.2. The molecule has 11 heteroatoms. The van der Waals surface area contributed by atoms with Crippen molar-refractivity contribution in [2.45, 2.75) is 70.3 Å². The summed E-state index contributed by atoms with van der Waals surface area (Å²) in [6.07, 6.45) is 1.94. The minimum atomic E-state index is -0.973. The molecule has 2 amide bonds. The van der Waals surface area contributed by atoms with Crippen molar-refractivity contribution >= 4 is 29.6 Å². The first kappa shape index (κ1) is 28.4. The largest absolute Gasteiger partial charge is 0.456 e. The monoisotopic (exact) mass is 520 g/mol. The number of hydrogen-bond donors (Lipinski definition) is 2. The molecule has 1 aromatic carbocycles. The van der Waals surface area contributed by atoms with Gasteiger partial charge in [-0.3, -0.25) is 10.1 Å². The average Bonchev–Trinajstić information content (AvgIpc) is 3.30. The van der Waals surface area contributed by atoms with Gasteiger partial charge in [0, 0.05) is 24.1 Å². The van der Waals surface area contributed by atoms with Gasteiger partial charge >= 0.3 is 18.2 Å². The number of carbonyl (C=O) groups is 4. The van der Waals surface area contributed by atoms with Crippen molar-refractivity contribution in [3.63, 3.8) is 0 Å². The number of nitrogens with one attached hydrogen (secondary N) is 2. The Labute approximate surface area is 216 Å². The first-order chi connectivity index (χ1) is 17.5. The maximum absolute atomic E-state index is 13.0. The molecule has 1 spiro atoms. The Kier molecular flexibility index (Phi) is 9.50. The van der Waals surface area contributed by atoms with Gasteiger partial charge in [-0.05, 0) is 70.2 Å². The second-order valence-corrected chi connectivity index (χ2v) is 10.2. The van der Waals surface area contributed by atoms with Crippen LogP contribution in [0.3, 0.4) is 0 Å². The lowest BCUT2D eigenvalue weighted by Crippen LogP contribution is -2.46. The summed E-state index contributed by atoms with van der Waals surface area (Å²) in [7, 11) is 1.25. The zero-order valence-corrected chi connectivity index (χ0v) is 21.8. The first-order valence-corrected chi connectivity index (χ1v) is 12.4. The van der Waals surface area contributed by atoms with E-state index in [1.54, 1.807) is 20.8 Å². The number of carbonyl (C=O) groups excluding carboxylic acids is 4. The molecule has 0 aromatic heterocycles. The van der Waals surface area contributed by atoms with Crippen LogP contribution in [-0.2, 0) is 28.5 Å². The quantitative estimate of drug-likeness (QED) is 0.298. The lowest BCUT2D eigenvalue weighted by atomic mass is 9.81. The molecule has 0 unspecified atom stereocenters. The predicted octanol–water partition coefficient (Wildman–Crippen LogP) is 3.81. The van der Waals surface area contributed by atoms with Crippen LogP contribution in [0, 0.1) is 5.92 Å². The Morgan fingerprint density at radius 2 is 1.65 bits per heavy atom. The molecule has 2 aliphatic rings. The number of methoxy groups -OCH3 is 1. The minimum absolute atomic E-state index is 0.136. The Morgan fingerprint density at radius 1 is 1.03 bits per heavy atom. The van der Waals surface area contributed by atoms with Crippen molar-refractivity contribution in [1.82, 2.24) is 5.32 Å². The Balaban J connectivity index is 1.57. The molecule has 1 aromatic rings. The highest BCUT2D eigenvalue weighted by Crippen LogP contribution is 2.39. The summed E-state index contributed by atoms with van der Waals surface area (Å²) in [5.41, 5.74) is 0.0105. The molecule has 1 aliphatic heterocycles. The molecule has 0 radical (unpaired) electrons. The molecular formula is C26H36N2O9. The lowest BCUT2D eigenvalue weighted by Gasteiger charge is -2.36. The van der Waals surface area contributed by atoms with E-state index in [4.69, 9.17) is 18.9 Å². The van der Waals surface area contributed by atoms with Crippen molar-refractivity contribution in [2.24, 2.45) is 5.92 Å². The highest BCUT2D eigenvalue weighted by molar-refractivity contribution is 5.98. The number of rotatable bonds is 8. The van der Waals surface area contributed by atoms with Gasteiger partial charge in [0.15, 0.2) is 18.2 Å². The summed E-state index contributed by atoms with van der Waals surface area (Å²) in [5, 5.41) is 5.10. The van der Waals surface area contributed by atoms with Crippen molar-refractivity contribution < 1.29 is 42.9 Å². The van der Waals surface area contributed by atoms with Crippen LogP contribution in [0.2, 0.25) is 0 Å². The van der Waals surface area contributed by atoms with Gasteiger partial charge in [0.2, 0.25) is 0 Å². The number of esters is 1. The van der Waals surface area contributed by atoms with Crippen molar-refractivity contribution in [2.75, 3.05) is 32.2 Å². The van der Waals surface area contributed by atoms with Gasteiger partial charge in [-0.15, -0.1) is 0 Å². The van der Waals surface area contributed by atoms with E-state index in [1.165, 1.54) is 31.4 Å². The van der Waals surface area contributed by atoms with Crippen LogP contribution in [-0.4, -0.2) is 68.3 Å². The third kappa shape index (κ3) is 8.71. The molecule has 1 saturated carbocycles. The van der Waals surface area contributed by atoms with Gasteiger partial charge in [0.1, 0.15) is 11.6 Å². The van der Waals surface area contributed by atoms with Gasteiger partial charge < -0.3 is 29.0 Å². The fourth-order valence-corrected chi connectivity index (χ4v) is 4.36. The van der Waals surface area contributed by atoms with E-state index in [0.29, 0.717) is 43.7 Å². The Hall–Kier alpha value is -3.18. The van der Waals surface area contributed by atoms with Gasteiger partial charge in [0.05, 0.1) is 20.3 Å². The molecule has 1 saturated heterocycles. The van der Waals surface area contributed by atoms with Crippen LogP contribution < -0.4 is 10.6 Å². The van der Waals surface area contributed by atoms with Crippen LogP contribution in [0.5, 0.6) is 0 Å². The van der Waals surface area contributed by atoms with Gasteiger partial charge in [-0.25, -0.2) is 14.4 Å². The van der Waals surface area contributed by atoms with E-state index < -0.39 is 48.0 Å². The van der Waals surface area contributed by atoms with Gasteiger partial charge in [-0.1, -0.05) is 0 Å². The molecule has 204 valence electrons. The van der Waals surface area contributed by atoms with E-state index in [2.05, 4.69) is 15.4 Å². The van der Waals surface area contributed by atoms with Crippen LogP contribution in [0.4, 0.5) is 15.3 Å². The summed E-state index contributed by atoms with van der Waals surface area (Å²) in [5.74, 6) is -1.53. The summed E-state index contributed by atoms with van der Waals surface area (Å²) in [6, 6.07) is 5.10. The number of ether oxygens (including phenoxy) is 5. The normalized spacial score (nSPS) is 18.1. The van der Waals surface area contributed by atoms with Crippen LogP contribution in [0.25, 0.3) is 0 Å². The number of Topliss-reactive ketones (excluding diaryl/α,β-unsaturated/α-hetero) is 1. The maximum atomic E-state index is 13.0. The number of benzene rings is 1. The molecule has 1 atom stereocenters. The third-order valence-electron chi connectivity index (χ3n) is 6.21. The maximum Gasteiger partial charge on any atom is 0.411 e. The first-order valence-electron chi connectivity index (χ1n) is 12.4. The van der Waals surface area contributed by atoms with Crippen LogP contribution >= 0.6 is 0 Å². The van der Waals surface area contributed by atoms with E-state index in [0.717, 1.165) is 12.8 Å². The SMILES string of the molecule is COC(=O)Nc1ccc(C(=O)COC(=O)[C@H](CC2CCC3(CC2)OCCO3)NC(=O)OC(C)(C)C)cc1. The third-order valence-corrected chi connectivity index (χ3v) is 6.21. The molecule has 11 nitrogen and oxygen atoms in total. The molecule has 3 rings (SSSR count). The second-order valence-electron chi connectivity index (χ2n) is 10.2. The molecule has 0 bridgehead atoms. The number of hydrogen-bond acceptors (Lipinski definition) is 9. The zero-order valence-electron chi connectivity index (χ0n) is 21.8. The van der Waals surface area contributed by atoms with Crippen molar-refractivity contribution in [3.8, 4) is 0 Å². The lowest BCUT2D eigenvalue weighted by molar-refractivity contribution is -0.183. The Morgan fingerprint density at radius 3 is 2.22 bits per heavy atom. The van der Waals surface area contributed by atoms with E-state index >= 15 is 0 Å². The summed E-state index contributed by atoms with van der Waals surface area (Å²) < 4.78 is 26.7. The minimum Gasteiger partial charge on any atom is -0.456 e. The molecule has 2 N–H and O–H groups in total. The molecular weight excluding hydrogens is 484 g/mol. The van der Waals surface area contributed by atoms with Gasteiger partial charge in [-0.2, -0.15) is 0 Å². The van der Waals surface area contributed by atoms with E-state index in [-0.39, 0.29) is 5.92 Å². The van der Waals surface area contributed by atoms with E-state index in [1.807, 2.05) is 0 Å². The van der Waals surface area contributed by atoms with Crippen molar-refractivity contribution in [3.05, 3.63) is 29.8 Å².